The van der Waals surface area contributed by atoms with Gasteiger partial charge in [0.05, 0.1) is 5.41 Å². The zero-order valence-electron chi connectivity index (χ0n) is 12.8. The van der Waals surface area contributed by atoms with Crippen molar-refractivity contribution in [1.82, 2.24) is 4.72 Å². The van der Waals surface area contributed by atoms with E-state index in [1.165, 1.54) is 0 Å². The molecule has 0 radical (unpaired) electrons. The molecule has 0 aromatic rings. The molecule has 0 aromatic heterocycles. The van der Waals surface area contributed by atoms with E-state index in [9.17, 15) is 31.2 Å². The average Bonchev–Trinajstić information content (AvgIpc) is 2.41. The van der Waals surface area contributed by atoms with Gasteiger partial charge in [-0.2, -0.15) is 21.6 Å². The molecule has 144 valence electrons. The molecule has 0 aliphatic heterocycles. The highest BCUT2D eigenvalue weighted by molar-refractivity contribution is 7.90. The minimum atomic E-state index is -5.78. The number of halogens is 3. The Bertz CT molecular complexity index is 623. The van der Waals surface area contributed by atoms with Crippen molar-refractivity contribution >= 4 is 21.9 Å². The molecule has 0 spiro atoms. The summed E-state index contributed by atoms with van der Waals surface area (Å²) < 4.78 is 63.9. The summed E-state index contributed by atoms with van der Waals surface area (Å²) in [6.45, 7) is -1.03. The van der Waals surface area contributed by atoms with E-state index in [0.29, 0.717) is 37.0 Å². The number of ether oxygens (including phenoxy) is 1. The predicted molar refractivity (Wildman–Crippen MR) is 81.4 cm³/mol. The van der Waals surface area contributed by atoms with Crippen LogP contribution in [0.2, 0.25) is 0 Å². The van der Waals surface area contributed by atoms with Gasteiger partial charge in [0.15, 0.2) is 6.61 Å². The van der Waals surface area contributed by atoms with Crippen molar-refractivity contribution < 1.29 is 35.9 Å². The van der Waals surface area contributed by atoms with Crippen molar-refractivity contribution in [1.29, 1.82) is 0 Å². The van der Waals surface area contributed by atoms with E-state index < -0.39 is 39.4 Å². The number of hydrogen-bond acceptors (Lipinski definition) is 5. The lowest BCUT2D eigenvalue weighted by Crippen LogP contribution is -2.51. The van der Waals surface area contributed by atoms with E-state index >= 15 is 0 Å². The molecule has 1 amide bonds. The van der Waals surface area contributed by atoms with Crippen molar-refractivity contribution in [3.8, 4) is 0 Å². The second-order valence-electron chi connectivity index (χ2n) is 7.25. The number of sulfonamides is 1. The third-order valence-corrected chi connectivity index (χ3v) is 6.46. The van der Waals surface area contributed by atoms with Gasteiger partial charge in [-0.1, -0.05) is 7.43 Å². The number of alkyl halides is 3. The molecule has 4 aliphatic carbocycles. The molecule has 6 nitrogen and oxygen atoms in total. The van der Waals surface area contributed by atoms with Crippen LogP contribution in [0.4, 0.5) is 13.2 Å². The highest BCUT2D eigenvalue weighted by atomic mass is 32.2. The van der Waals surface area contributed by atoms with Gasteiger partial charge in [-0.15, -0.1) is 0 Å². The third kappa shape index (κ3) is 3.78. The molecule has 0 saturated heterocycles. The van der Waals surface area contributed by atoms with Crippen molar-refractivity contribution in [2.24, 2.45) is 23.2 Å². The number of esters is 1. The number of carbonyl (C=O) groups is 2. The molecule has 10 heteroatoms. The molecule has 1 N–H and O–H groups in total. The molecule has 4 aliphatic rings. The number of nitrogens with one attached hydrogen (secondary N) is 1. The van der Waals surface area contributed by atoms with Gasteiger partial charge < -0.3 is 4.74 Å². The highest BCUT2D eigenvalue weighted by Gasteiger charge is 2.55. The Morgan fingerprint density at radius 2 is 1.48 bits per heavy atom. The van der Waals surface area contributed by atoms with Gasteiger partial charge >= 0.3 is 21.5 Å². The minimum absolute atomic E-state index is 0. The summed E-state index contributed by atoms with van der Waals surface area (Å²) in [6.07, 6.45) is 5.32. The minimum Gasteiger partial charge on any atom is -0.455 e. The Balaban J connectivity index is 0.00000225. The Morgan fingerprint density at radius 1 is 1.04 bits per heavy atom. The standard InChI is InChI=1S/C14H18F3NO5S.CH4/c15-14(16,17)24(21,22)18-11(19)7-23-12(20)13-4-8-1-9(5-13)3-10(2-8)6-13;/h8-10H,1-7H2,(H,18,19);1H4. The van der Waals surface area contributed by atoms with Gasteiger partial charge in [0.2, 0.25) is 0 Å². The Hall–Kier alpha value is -1.32. The van der Waals surface area contributed by atoms with Gasteiger partial charge in [-0.3, -0.25) is 9.59 Å². The molecule has 25 heavy (non-hydrogen) atoms. The Labute approximate surface area is 144 Å². The van der Waals surface area contributed by atoms with Crippen LogP contribution in [0, 0.1) is 23.2 Å². The van der Waals surface area contributed by atoms with E-state index in [1.54, 1.807) is 0 Å². The lowest BCUT2D eigenvalue weighted by molar-refractivity contribution is -0.173. The molecule has 0 unspecified atom stereocenters. The van der Waals surface area contributed by atoms with Crippen molar-refractivity contribution in [3.63, 3.8) is 0 Å². The summed E-state index contributed by atoms with van der Waals surface area (Å²) in [7, 11) is -5.78. The zero-order chi connectivity index (χ0) is 17.8. The first kappa shape index (κ1) is 20.0. The molecule has 4 fully saturated rings. The topological polar surface area (TPSA) is 89.5 Å². The molecule has 4 bridgehead atoms. The van der Waals surface area contributed by atoms with Crippen LogP contribution in [0.3, 0.4) is 0 Å². The van der Waals surface area contributed by atoms with Gasteiger partial charge in [-0.05, 0) is 56.3 Å². The van der Waals surface area contributed by atoms with E-state index in [1.807, 2.05) is 0 Å². The lowest BCUT2D eigenvalue weighted by atomic mass is 9.49. The summed E-state index contributed by atoms with van der Waals surface area (Å²) in [5.74, 6) is -0.721. The van der Waals surface area contributed by atoms with Crippen LogP contribution in [-0.4, -0.2) is 32.4 Å². The summed E-state index contributed by atoms with van der Waals surface area (Å²) in [5.41, 5.74) is -6.25. The molecule has 4 rings (SSSR count). The summed E-state index contributed by atoms with van der Waals surface area (Å²) >= 11 is 0. The number of amides is 1. The number of hydrogen-bond donors (Lipinski definition) is 1. The molecular weight excluding hydrogens is 363 g/mol. The van der Waals surface area contributed by atoms with Crippen LogP contribution in [0.25, 0.3) is 0 Å². The SMILES string of the molecule is C.O=C(COC(=O)C12CC3CC(CC(C3)C1)C2)NS(=O)(=O)C(F)(F)F. The monoisotopic (exact) mass is 385 g/mol. The van der Waals surface area contributed by atoms with E-state index in [-0.39, 0.29) is 7.43 Å². The maximum absolute atomic E-state index is 12.4. The Morgan fingerprint density at radius 3 is 1.88 bits per heavy atom. The van der Waals surface area contributed by atoms with Crippen LogP contribution in [0.1, 0.15) is 46.0 Å². The normalized spacial score (nSPS) is 33.5. The predicted octanol–water partition coefficient (Wildman–Crippen LogP) is 2.35. The summed E-state index contributed by atoms with van der Waals surface area (Å²) in [4.78, 5) is 23.8. The van der Waals surface area contributed by atoms with Gasteiger partial charge in [-0.25, -0.2) is 4.72 Å². The van der Waals surface area contributed by atoms with E-state index in [2.05, 4.69) is 0 Å². The van der Waals surface area contributed by atoms with Crippen molar-refractivity contribution in [2.75, 3.05) is 6.61 Å². The molecule has 0 heterocycles. The molecule has 4 saturated carbocycles. The fourth-order valence-electron chi connectivity index (χ4n) is 4.88. The van der Waals surface area contributed by atoms with Crippen molar-refractivity contribution in [3.05, 3.63) is 0 Å². The maximum Gasteiger partial charge on any atom is 0.516 e. The van der Waals surface area contributed by atoms with Crippen LogP contribution >= 0.6 is 0 Å². The average molecular weight is 385 g/mol. The van der Waals surface area contributed by atoms with E-state index in [0.717, 1.165) is 24.0 Å². The van der Waals surface area contributed by atoms with Gasteiger partial charge in [0, 0.05) is 0 Å². The van der Waals surface area contributed by atoms with Gasteiger partial charge in [0.1, 0.15) is 0 Å². The van der Waals surface area contributed by atoms with Crippen molar-refractivity contribution in [2.45, 2.75) is 51.5 Å². The third-order valence-electron chi connectivity index (χ3n) is 5.36. The first-order valence-electron chi connectivity index (χ1n) is 7.80. The Kier molecular flexibility index (Phi) is 5.15. The fourth-order valence-corrected chi connectivity index (χ4v) is 5.36. The maximum atomic E-state index is 12.4. The highest BCUT2D eigenvalue weighted by Crippen LogP contribution is 2.60. The van der Waals surface area contributed by atoms with Crippen LogP contribution in [0.5, 0.6) is 0 Å². The van der Waals surface area contributed by atoms with Gasteiger partial charge in [0.25, 0.3) is 5.91 Å². The molecule has 0 aromatic carbocycles. The first-order valence-corrected chi connectivity index (χ1v) is 9.28. The smallest absolute Gasteiger partial charge is 0.455 e. The van der Waals surface area contributed by atoms with E-state index in [4.69, 9.17) is 4.74 Å². The second kappa shape index (κ2) is 6.44. The molecular formula is C15H22F3NO5S. The quantitative estimate of drug-likeness (QED) is 0.751. The van der Waals surface area contributed by atoms with Crippen LogP contribution in [0.15, 0.2) is 0 Å². The fraction of sp³-hybridized carbons (Fsp3) is 0.867. The summed E-state index contributed by atoms with van der Waals surface area (Å²) in [6, 6.07) is 0. The number of carbonyl (C=O) groups excluding carboxylic acids is 2. The largest absolute Gasteiger partial charge is 0.516 e. The summed E-state index contributed by atoms with van der Waals surface area (Å²) in [5, 5.41) is 0. The first-order chi connectivity index (χ1) is 11.0. The zero-order valence-corrected chi connectivity index (χ0v) is 13.6. The lowest BCUT2D eigenvalue weighted by Gasteiger charge is -2.55. The second-order valence-corrected chi connectivity index (χ2v) is 8.92. The van der Waals surface area contributed by atoms with Crippen LogP contribution < -0.4 is 4.72 Å². The molecule has 0 atom stereocenters. The number of rotatable bonds is 4. The van der Waals surface area contributed by atoms with Crippen LogP contribution in [-0.2, 0) is 24.3 Å².